The Morgan fingerprint density at radius 3 is 2.67 bits per heavy atom. The first-order valence-electron chi connectivity index (χ1n) is 4.15. The molecule has 0 amide bonds. The highest BCUT2D eigenvalue weighted by molar-refractivity contribution is 9.10. The van der Waals surface area contributed by atoms with Gasteiger partial charge in [0.05, 0.1) is 11.1 Å². The van der Waals surface area contributed by atoms with Crippen molar-refractivity contribution >= 4 is 40.1 Å². The second-order valence-electron chi connectivity index (χ2n) is 2.71. The predicted octanol–water partition coefficient (Wildman–Crippen LogP) is 1.32. The van der Waals surface area contributed by atoms with E-state index >= 15 is 0 Å². The maximum atomic E-state index is 13.5. The highest BCUT2D eigenvalue weighted by atomic mass is 79.9. The average Bonchev–Trinajstić information content (AvgIpc) is 2.18. The molecule has 82 valence electrons. The summed E-state index contributed by atoms with van der Waals surface area (Å²) in [6, 6.07) is 1.22. The molecule has 1 rings (SSSR count). The third-order valence-corrected chi connectivity index (χ3v) is 2.64. The van der Waals surface area contributed by atoms with Gasteiger partial charge in [-0.25, -0.2) is 4.39 Å². The topological polar surface area (TPSA) is 49.7 Å². The monoisotopic (exact) mass is 296 g/mol. The van der Waals surface area contributed by atoms with Crippen LogP contribution in [0.2, 0.25) is 5.02 Å². The van der Waals surface area contributed by atoms with Crippen LogP contribution in [0.4, 0.5) is 4.39 Å². The molecule has 0 spiro atoms. The third kappa shape index (κ3) is 2.63. The summed E-state index contributed by atoms with van der Waals surface area (Å²) in [5, 5.41) is 17.5. The lowest BCUT2D eigenvalue weighted by Crippen LogP contribution is -2.33. The Morgan fingerprint density at radius 1 is 1.60 bits per heavy atom. The molecule has 3 nitrogen and oxygen atoms in total. The molecule has 0 radical (unpaired) electrons. The highest BCUT2D eigenvalue weighted by Gasteiger charge is 2.23. The van der Waals surface area contributed by atoms with Gasteiger partial charge in [0.1, 0.15) is 10.8 Å². The van der Waals surface area contributed by atoms with E-state index in [1.165, 1.54) is 6.07 Å². The van der Waals surface area contributed by atoms with Gasteiger partial charge in [0.2, 0.25) is 0 Å². The van der Waals surface area contributed by atoms with Crippen molar-refractivity contribution in [3.8, 4) is 5.75 Å². The Balaban J connectivity index is 3.31. The van der Waals surface area contributed by atoms with Gasteiger partial charge in [-0.2, -0.15) is 0 Å². The number of rotatable bonds is 3. The SMILES string of the molecule is CCOc1c(Br)cc(B(O)O)c(F)c1Cl. The molecule has 1 aromatic carbocycles. The zero-order valence-electron chi connectivity index (χ0n) is 7.80. The van der Waals surface area contributed by atoms with Gasteiger partial charge < -0.3 is 14.8 Å². The van der Waals surface area contributed by atoms with Crippen LogP contribution in [0.25, 0.3) is 0 Å². The van der Waals surface area contributed by atoms with Gasteiger partial charge in [0.15, 0.2) is 5.75 Å². The Bertz CT molecular complexity index is 375. The molecule has 0 atom stereocenters. The van der Waals surface area contributed by atoms with Crippen molar-refractivity contribution in [2.75, 3.05) is 6.61 Å². The summed E-state index contributed by atoms with van der Waals surface area (Å²) in [7, 11) is -1.91. The fourth-order valence-electron chi connectivity index (χ4n) is 1.06. The fraction of sp³-hybridized carbons (Fsp3) is 0.250. The van der Waals surface area contributed by atoms with E-state index in [0.29, 0.717) is 11.1 Å². The molecule has 0 aliphatic rings. The maximum absolute atomic E-state index is 13.5. The summed E-state index contributed by atoms with van der Waals surface area (Å²) < 4.78 is 18.9. The minimum absolute atomic E-state index is 0.154. The Morgan fingerprint density at radius 2 is 2.20 bits per heavy atom. The lowest BCUT2D eigenvalue weighted by atomic mass is 9.80. The van der Waals surface area contributed by atoms with Crippen molar-refractivity contribution in [1.29, 1.82) is 0 Å². The zero-order chi connectivity index (χ0) is 11.6. The van der Waals surface area contributed by atoms with E-state index in [1.807, 2.05) is 0 Å². The van der Waals surface area contributed by atoms with E-state index in [9.17, 15) is 4.39 Å². The lowest BCUT2D eigenvalue weighted by Gasteiger charge is -2.11. The van der Waals surface area contributed by atoms with E-state index in [0.717, 1.165) is 0 Å². The van der Waals surface area contributed by atoms with Gasteiger partial charge in [0, 0.05) is 5.46 Å². The van der Waals surface area contributed by atoms with Gasteiger partial charge in [-0.15, -0.1) is 0 Å². The van der Waals surface area contributed by atoms with Gasteiger partial charge in [0.25, 0.3) is 0 Å². The minimum Gasteiger partial charge on any atom is -0.491 e. The van der Waals surface area contributed by atoms with E-state index in [4.69, 9.17) is 26.4 Å². The number of benzene rings is 1. The largest absolute Gasteiger partial charge is 0.491 e. The normalized spacial score (nSPS) is 10.3. The first kappa shape index (κ1) is 12.8. The van der Waals surface area contributed by atoms with Crippen LogP contribution in [0.3, 0.4) is 0 Å². The first-order chi connectivity index (χ1) is 6.99. The molecule has 0 heterocycles. The molecule has 0 saturated heterocycles. The molecule has 0 fully saturated rings. The van der Waals surface area contributed by atoms with Crippen molar-refractivity contribution in [3.63, 3.8) is 0 Å². The molecule has 0 unspecified atom stereocenters. The zero-order valence-corrected chi connectivity index (χ0v) is 10.1. The standard InChI is InChI=1S/C8H8BBrClFO3/c1-2-15-8-5(10)3-4(9(13)14)7(12)6(8)11/h3,13-14H,2H2,1H3. The van der Waals surface area contributed by atoms with Gasteiger partial charge in [-0.05, 0) is 28.9 Å². The van der Waals surface area contributed by atoms with Crippen molar-refractivity contribution in [1.82, 2.24) is 0 Å². The molecule has 0 bridgehead atoms. The predicted molar refractivity (Wildman–Crippen MR) is 60.1 cm³/mol. The summed E-state index contributed by atoms with van der Waals surface area (Å²) in [6.07, 6.45) is 0. The average molecular weight is 297 g/mol. The van der Waals surface area contributed by atoms with Crippen LogP contribution >= 0.6 is 27.5 Å². The summed E-state index contributed by atoms with van der Waals surface area (Å²) in [4.78, 5) is 0. The molecule has 0 aromatic heterocycles. The summed E-state index contributed by atoms with van der Waals surface area (Å²) in [6.45, 7) is 2.06. The van der Waals surface area contributed by atoms with E-state index in [2.05, 4.69) is 15.9 Å². The Kier molecular flexibility index (Phi) is 4.39. The quantitative estimate of drug-likeness (QED) is 0.653. The smallest absolute Gasteiger partial charge is 0.491 e. The van der Waals surface area contributed by atoms with Crippen LogP contribution in [0.1, 0.15) is 6.92 Å². The van der Waals surface area contributed by atoms with Crippen LogP contribution in [-0.2, 0) is 0 Å². The fourth-order valence-corrected chi connectivity index (χ4v) is 2.00. The summed E-state index contributed by atoms with van der Waals surface area (Å²) in [5.74, 6) is -0.737. The number of hydrogen-bond acceptors (Lipinski definition) is 3. The van der Waals surface area contributed by atoms with Gasteiger partial charge >= 0.3 is 7.12 Å². The second-order valence-corrected chi connectivity index (χ2v) is 3.94. The lowest BCUT2D eigenvalue weighted by molar-refractivity contribution is 0.336. The van der Waals surface area contributed by atoms with Crippen molar-refractivity contribution in [2.45, 2.75) is 6.92 Å². The maximum Gasteiger partial charge on any atom is 0.491 e. The molecule has 0 aliphatic heterocycles. The van der Waals surface area contributed by atoms with E-state index in [-0.39, 0.29) is 16.2 Å². The molecule has 2 N–H and O–H groups in total. The van der Waals surface area contributed by atoms with Crippen molar-refractivity contribution < 1.29 is 19.2 Å². The van der Waals surface area contributed by atoms with Crippen LogP contribution in [-0.4, -0.2) is 23.8 Å². The Hall–Kier alpha value is -0.295. The minimum atomic E-state index is -1.91. The number of ether oxygens (including phenoxy) is 1. The number of halogens is 3. The molecule has 0 aliphatic carbocycles. The van der Waals surface area contributed by atoms with E-state index < -0.39 is 12.9 Å². The summed E-state index contributed by atoms with van der Waals surface area (Å²) >= 11 is 8.78. The van der Waals surface area contributed by atoms with Gasteiger partial charge in [-0.1, -0.05) is 11.6 Å². The van der Waals surface area contributed by atoms with E-state index in [1.54, 1.807) is 6.92 Å². The van der Waals surface area contributed by atoms with Crippen LogP contribution < -0.4 is 10.2 Å². The Labute approximate surface area is 100 Å². The molecule has 15 heavy (non-hydrogen) atoms. The van der Waals surface area contributed by atoms with Crippen LogP contribution in [0.15, 0.2) is 10.5 Å². The van der Waals surface area contributed by atoms with Gasteiger partial charge in [-0.3, -0.25) is 0 Å². The highest BCUT2D eigenvalue weighted by Crippen LogP contribution is 2.34. The molecular formula is C8H8BBrClFO3. The molecule has 7 heteroatoms. The second kappa shape index (κ2) is 5.16. The first-order valence-corrected chi connectivity index (χ1v) is 5.32. The van der Waals surface area contributed by atoms with Crippen molar-refractivity contribution in [3.05, 3.63) is 21.4 Å². The van der Waals surface area contributed by atoms with Crippen LogP contribution in [0.5, 0.6) is 5.75 Å². The number of hydrogen-bond donors (Lipinski definition) is 2. The van der Waals surface area contributed by atoms with Crippen LogP contribution in [0, 0.1) is 5.82 Å². The molecular weight excluding hydrogens is 289 g/mol. The third-order valence-electron chi connectivity index (χ3n) is 1.71. The van der Waals surface area contributed by atoms with Crippen molar-refractivity contribution in [2.24, 2.45) is 0 Å². The molecule has 1 aromatic rings. The summed E-state index contributed by atoms with van der Waals surface area (Å²) in [5.41, 5.74) is -0.296. The molecule has 0 saturated carbocycles.